The number of fused-ring (bicyclic) bond motifs is 1. The van der Waals surface area contributed by atoms with Crippen LogP contribution in [0.5, 0.6) is 0 Å². The van der Waals surface area contributed by atoms with Gasteiger partial charge in [0.25, 0.3) is 0 Å². The van der Waals surface area contributed by atoms with Crippen molar-refractivity contribution >= 4 is 23.2 Å². The summed E-state index contributed by atoms with van der Waals surface area (Å²) in [5.74, 6) is 0.352. The summed E-state index contributed by atoms with van der Waals surface area (Å²) in [7, 11) is 0. The zero-order chi connectivity index (χ0) is 19.5. The minimum absolute atomic E-state index is 0.00139. The van der Waals surface area contributed by atoms with Gasteiger partial charge in [0, 0.05) is 10.9 Å². The molecule has 3 fully saturated rings. The van der Waals surface area contributed by atoms with Crippen LogP contribution in [0.15, 0.2) is 29.7 Å². The number of hydrogen-bond donors (Lipinski definition) is 1. The first kappa shape index (κ1) is 18.4. The molecule has 2 amide bonds. The first-order valence-corrected chi connectivity index (χ1v) is 11.4. The van der Waals surface area contributed by atoms with Gasteiger partial charge in [-0.15, -0.1) is 11.3 Å². The Hall–Kier alpha value is -1.66. The third-order valence-electron chi connectivity index (χ3n) is 7.44. The third-order valence-corrected chi connectivity index (χ3v) is 8.30. The molecule has 1 aromatic rings. The summed E-state index contributed by atoms with van der Waals surface area (Å²) in [6, 6.07) is 4.26. The monoisotopic (exact) mass is 400 g/mol. The number of hydrogen-bond acceptors (Lipinski definition) is 4. The van der Waals surface area contributed by atoms with Crippen LogP contribution in [0.1, 0.15) is 38.0 Å². The van der Waals surface area contributed by atoms with E-state index in [0.717, 1.165) is 17.7 Å². The van der Waals surface area contributed by atoms with Crippen LogP contribution in [0.2, 0.25) is 0 Å². The Kier molecular flexibility index (Phi) is 4.40. The first-order valence-electron chi connectivity index (χ1n) is 10.5. The van der Waals surface area contributed by atoms with Gasteiger partial charge in [-0.25, -0.2) is 0 Å². The number of thiophene rings is 1. The molecular weight excluding hydrogens is 372 g/mol. The van der Waals surface area contributed by atoms with Gasteiger partial charge in [-0.1, -0.05) is 44.9 Å². The van der Waals surface area contributed by atoms with Crippen LogP contribution in [0.25, 0.3) is 0 Å². The van der Waals surface area contributed by atoms with Crippen LogP contribution in [0.3, 0.4) is 0 Å². The van der Waals surface area contributed by atoms with Gasteiger partial charge < -0.3 is 15.0 Å². The van der Waals surface area contributed by atoms with E-state index in [0.29, 0.717) is 24.9 Å². The molecule has 5 rings (SSSR count). The molecule has 2 bridgehead atoms. The molecule has 4 heterocycles. The summed E-state index contributed by atoms with van der Waals surface area (Å²) >= 11 is 1.66. The Bertz CT molecular complexity index is 807. The molecule has 1 aliphatic carbocycles. The van der Waals surface area contributed by atoms with Gasteiger partial charge in [-0.05, 0) is 29.7 Å². The maximum absolute atomic E-state index is 13.3. The molecule has 1 spiro atoms. The second-order valence-corrected chi connectivity index (χ2v) is 10.1. The highest BCUT2D eigenvalue weighted by molar-refractivity contribution is 7.09. The molecule has 7 atom stereocenters. The van der Waals surface area contributed by atoms with Crippen molar-refractivity contribution in [3.8, 4) is 0 Å². The lowest BCUT2D eigenvalue weighted by atomic mass is 9.75. The Morgan fingerprint density at radius 1 is 1.39 bits per heavy atom. The molecule has 6 heteroatoms. The predicted octanol–water partition coefficient (Wildman–Crippen LogP) is 2.97. The number of likely N-dealkylation sites (tertiary alicyclic amines) is 1. The summed E-state index contributed by atoms with van der Waals surface area (Å²) < 4.78 is 6.24. The largest absolute Gasteiger partial charge is 0.360 e. The molecule has 28 heavy (non-hydrogen) atoms. The average molecular weight is 401 g/mol. The highest BCUT2D eigenvalue weighted by Crippen LogP contribution is 2.52. The molecule has 4 aliphatic rings. The zero-order valence-corrected chi connectivity index (χ0v) is 17.3. The topological polar surface area (TPSA) is 58.6 Å². The van der Waals surface area contributed by atoms with E-state index >= 15 is 0 Å². The van der Waals surface area contributed by atoms with Crippen molar-refractivity contribution in [2.24, 2.45) is 23.7 Å². The van der Waals surface area contributed by atoms with Gasteiger partial charge in [-0.2, -0.15) is 0 Å². The van der Waals surface area contributed by atoms with Gasteiger partial charge >= 0.3 is 0 Å². The Balaban J connectivity index is 1.34. The smallest absolute Gasteiger partial charge is 0.230 e. The van der Waals surface area contributed by atoms with Gasteiger partial charge in [0.1, 0.15) is 5.60 Å². The van der Waals surface area contributed by atoms with Crippen molar-refractivity contribution in [3.05, 3.63) is 34.5 Å². The van der Waals surface area contributed by atoms with Gasteiger partial charge in [-0.3, -0.25) is 9.59 Å². The van der Waals surface area contributed by atoms with E-state index in [1.807, 2.05) is 34.6 Å². The Morgan fingerprint density at radius 2 is 2.25 bits per heavy atom. The number of rotatable bonds is 4. The van der Waals surface area contributed by atoms with Crippen molar-refractivity contribution in [2.45, 2.75) is 57.4 Å². The van der Waals surface area contributed by atoms with E-state index in [4.69, 9.17) is 4.74 Å². The Morgan fingerprint density at radius 3 is 3.04 bits per heavy atom. The Labute approximate surface area is 170 Å². The van der Waals surface area contributed by atoms with Crippen LogP contribution in [-0.4, -0.2) is 41.0 Å². The normalized spacial score (nSPS) is 41.5. The molecule has 0 radical (unpaired) electrons. The minimum atomic E-state index is -0.619. The molecule has 3 aliphatic heterocycles. The van der Waals surface area contributed by atoms with E-state index < -0.39 is 17.4 Å². The molecule has 2 saturated heterocycles. The lowest BCUT2D eigenvalue weighted by Crippen LogP contribution is -2.50. The molecule has 1 saturated carbocycles. The lowest BCUT2D eigenvalue weighted by molar-refractivity contribution is -0.138. The molecule has 0 aromatic carbocycles. The fourth-order valence-electron chi connectivity index (χ4n) is 5.67. The number of carbonyl (C=O) groups is 2. The summed E-state index contributed by atoms with van der Waals surface area (Å²) in [6.07, 6.45) is 7.17. The summed E-state index contributed by atoms with van der Waals surface area (Å²) in [5, 5.41) is 5.32. The third kappa shape index (κ3) is 2.76. The number of amides is 2. The SMILES string of the molecule is CC1CCCC(NC(=O)C2C3C=CC4(CN(Cc5cccs5)C(=O)C24)O3)C1C. The van der Waals surface area contributed by atoms with Gasteiger partial charge in [0.05, 0.1) is 31.0 Å². The molecule has 1 N–H and O–H groups in total. The van der Waals surface area contributed by atoms with Crippen LogP contribution >= 0.6 is 11.3 Å². The fourth-order valence-corrected chi connectivity index (χ4v) is 6.39. The van der Waals surface area contributed by atoms with Gasteiger partial charge in [0.15, 0.2) is 0 Å². The van der Waals surface area contributed by atoms with E-state index in [9.17, 15) is 9.59 Å². The predicted molar refractivity (Wildman–Crippen MR) is 108 cm³/mol. The summed E-state index contributed by atoms with van der Waals surface area (Å²) in [5.41, 5.74) is -0.619. The summed E-state index contributed by atoms with van der Waals surface area (Å²) in [6.45, 7) is 5.64. The highest BCUT2D eigenvalue weighted by atomic mass is 32.1. The molecule has 7 unspecified atom stereocenters. The minimum Gasteiger partial charge on any atom is -0.360 e. The van der Waals surface area contributed by atoms with E-state index in [2.05, 4.69) is 19.2 Å². The van der Waals surface area contributed by atoms with Crippen molar-refractivity contribution in [3.63, 3.8) is 0 Å². The first-order chi connectivity index (χ1) is 13.5. The molecule has 5 nitrogen and oxygen atoms in total. The number of carbonyl (C=O) groups excluding carboxylic acids is 2. The number of nitrogens with one attached hydrogen (secondary N) is 1. The quantitative estimate of drug-likeness (QED) is 0.791. The van der Waals surface area contributed by atoms with Crippen molar-refractivity contribution in [2.75, 3.05) is 6.54 Å². The maximum atomic E-state index is 13.3. The molecular formula is C22H28N2O3S. The van der Waals surface area contributed by atoms with Crippen LogP contribution in [-0.2, 0) is 20.9 Å². The standard InChI is InChI=1S/C22H28N2O3S/c1-13-5-3-7-16(14(13)2)23-20(25)18-17-8-9-22(27-17)12-24(21(26)19(18)22)11-15-6-4-10-28-15/h4,6,8-10,13-14,16-19H,3,5,7,11-12H2,1-2H3,(H,23,25). The van der Waals surface area contributed by atoms with E-state index in [1.165, 1.54) is 6.42 Å². The zero-order valence-electron chi connectivity index (χ0n) is 16.5. The van der Waals surface area contributed by atoms with Crippen molar-refractivity contribution in [1.82, 2.24) is 10.2 Å². The average Bonchev–Trinajstić information content (AvgIpc) is 3.42. The lowest BCUT2D eigenvalue weighted by Gasteiger charge is -2.36. The van der Waals surface area contributed by atoms with Crippen molar-refractivity contribution < 1.29 is 14.3 Å². The highest BCUT2D eigenvalue weighted by Gasteiger charge is 2.66. The van der Waals surface area contributed by atoms with E-state index in [1.54, 1.807) is 11.3 Å². The molecule has 150 valence electrons. The van der Waals surface area contributed by atoms with Crippen molar-refractivity contribution in [1.29, 1.82) is 0 Å². The van der Waals surface area contributed by atoms with Crippen LogP contribution < -0.4 is 5.32 Å². The van der Waals surface area contributed by atoms with Crippen LogP contribution in [0.4, 0.5) is 0 Å². The van der Waals surface area contributed by atoms with Crippen LogP contribution in [0, 0.1) is 23.7 Å². The second-order valence-electron chi connectivity index (χ2n) is 9.06. The van der Waals surface area contributed by atoms with Gasteiger partial charge in [0.2, 0.25) is 11.8 Å². The van der Waals surface area contributed by atoms with E-state index in [-0.39, 0.29) is 24.0 Å². The summed E-state index contributed by atoms with van der Waals surface area (Å²) in [4.78, 5) is 29.6. The second kappa shape index (κ2) is 6.70. The number of ether oxygens (including phenoxy) is 1. The molecule has 1 aromatic heterocycles. The fraction of sp³-hybridized carbons (Fsp3) is 0.636. The maximum Gasteiger partial charge on any atom is 0.230 e. The number of nitrogens with zero attached hydrogens (tertiary/aromatic N) is 1.